The van der Waals surface area contributed by atoms with Gasteiger partial charge in [0, 0.05) is 6.54 Å². The van der Waals surface area contributed by atoms with E-state index in [1.54, 1.807) is 13.3 Å². The molecule has 0 amide bonds. The number of nitrogens with one attached hydrogen (secondary N) is 1. The SMILES string of the molecule is COc1ccc(Oc2cnn(CC3CCNCC3)c2C)cc1. The number of ether oxygens (including phenoxy) is 2. The van der Waals surface area contributed by atoms with Crippen molar-refractivity contribution in [2.75, 3.05) is 20.2 Å². The van der Waals surface area contributed by atoms with Crippen LogP contribution in [0.15, 0.2) is 30.5 Å². The summed E-state index contributed by atoms with van der Waals surface area (Å²) in [4.78, 5) is 0. The molecular formula is C17H23N3O2. The molecule has 1 N–H and O–H groups in total. The number of aromatic nitrogens is 2. The van der Waals surface area contributed by atoms with Crippen molar-refractivity contribution in [1.29, 1.82) is 0 Å². The number of hydrogen-bond acceptors (Lipinski definition) is 4. The van der Waals surface area contributed by atoms with Crippen LogP contribution in [0.4, 0.5) is 0 Å². The molecule has 0 atom stereocenters. The maximum atomic E-state index is 5.93. The van der Waals surface area contributed by atoms with Gasteiger partial charge in [0.2, 0.25) is 0 Å². The van der Waals surface area contributed by atoms with Gasteiger partial charge in [-0.15, -0.1) is 0 Å². The van der Waals surface area contributed by atoms with Gasteiger partial charge in [-0.3, -0.25) is 4.68 Å². The largest absolute Gasteiger partial charge is 0.497 e. The number of benzene rings is 1. The van der Waals surface area contributed by atoms with Crippen LogP contribution in [-0.4, -0.2) is 30.0 Å². The van der Waals surface area contributed by atoms with E-state index >= 15 is 0 Å². The summed E-state index contributed by atoms with van der Waals surface area (Å²) in [5, 5.41) is 7.88. The van der Waals surface area contributed by atoms with Gasteiger partial charge in [0.1, 0.15) is 11.5 Å². The van der Waals surface area contributed by atoms with Gasteiger partial charge < -0.3 is 14.8 Å². The van der Waals surface area contributed by atoms with E-state index < -0.39 is 0 Å². The Balaban J connectivity index is 1.66. The molecule has 2 aromatic rings. The van der Waals surface area contributed by atoms with Crippen LogP contribution in [-0.2, 0) is 6.54 Å². The Bertz CT molecular complexity index is 601. The summed E-state index contributed by atoms with van der Waals surface area (Å²) >= 11 is 0. The molecule has 1 saturated heterocycles. The fraction of sp³-hybridized carbons (Fsp3) is 0.471. The first-order valence-electron chi connectivity index (χ1n) is 7.81. The summed E-state index contributed by atoms with van der Waals surface area (Å²) in [5.41, 5.74) is 1.08. The molecule has 0 bridgehead atoms. The van der Waals surface area contributed by atoms with Gasteiger partial charge >= 0.3 is 0 Å². The van der Waals surface area contributed by atoms with Crippen molar-refractivity contribution < 1.29 is 9.47 Å². The van der Waals surface area contributed by atoms with Crippen LogP contribution in [0.3, 0.4) is 0 Å². The third-order valence-corrected chi connectivity index (χ3v) is 4.24. The molecule has 0 aliphatic carbocycles. The molecule has 2 heterocycles. The predicted octanol–water partition coefficient (Wildman–Crippen LogP) is 2.99. The third-order valence-electron chi connectivity index (χ3n) is 4.24. The standard InChI is InChI=1S/C17H23N3O2/c1-13-17(22-16-5-3-15(21-2)4-6-16)11-19-20(13)12-14-7-9-18-10-8-14/h3-6,11,14,18H,7-10,12H2,1-2H3. The molecule has 0 unspecified atom stereocenters. The van der Waals surface area contributed by atoms with Gasteiger partial charge in [0.05, 0.1) is 19.0 Å². The van der Waals surface area contributed by atoms with Crippen LogP contribution in [0, 0.1) is 12.8 Å². The highest BCUT2D eigenvalue weighted by atomic mass is 16.5. The maximum Gasteiger partial charge on any atom is 0.168 e. The molecule has 1 aliphatic rings. The van der Waals surface area contributed by atoms with Gasteiger partial charge in [0.15, 0.2) is 5.75 Å². The zero-order valence-electron chi connectivity index (χ0n) is 13.2. The Hall–Kier alpha value is -2.01. The molecule has 1 aromatic heterocycles. The lowest BCUT2D eigenvalue weighted by molar-refractivity contribution is 0.318. The van der Waals surface area contributed by atoms with E-state index in [9.17, 15) is 0 Å². The van der Waals surface area contributed by atoms with Crippen LogP contribution in [0.5, 0.6) is 17.2 Å². The second-order valence-electron chi connectivity index (χ2n) is 5.75. The first kappa shape index (κ1) is 14.9. The Kier molecular flexibility index (Phi) is 4.63. The van der Waals surface area contributed by atoms with Gasteiger partial charge in [-0.05, 0) is 63.0 Å². The first-order chi connectivity index (χ1) is 10.8. The lowest BCUT2D eigenvalue weighted by Crippen LogP contribution is -2.30. The lowest BCUT2D eigenvalue weighted by atomic mass is 9.98. The van der Waals surface area contributed by atoms with Crippen LogP contribution in [0.25, 0.3) is 0 Å². The molecule has 0 saturated carbocycles. The monoisotopic (exact) mass is 301 g/mol. The average Bonchev–Trinajstić information content (AvgIpc) is 2.90. The fourth-order valence-corrected chi connectivity index (χ4v) is 2.79. The van der Waals surface area contributed by atoms with E-state index in [4.69, 9.17) is 9.47 Å². The molecule has 1 aliphatic heterocycles. The number of methoxy groups -OCH3 is 1. The number of hydrogen-bond donors (Lipinski definition) is 1. The van der Waals surface area contributed by atoms with Gasteiger partial charge in [-0.1, -0.05) is 0 Å². The highest BCUT2D eigenvalue weighted by Gasteiger charge is 2.16. The second kappa shape index (κ2) is 6.83. The molecule has 0 spiro atoms. The number of nitrogens with zero attached hydrogens (tertiary/aromatic N) is 2. The minimum absolute atomic E-state index is 0.702. The zero-order valence-corrected chi connectivity index (χ0v) is 13.2. The Morgan fingerprint density at radius 3 is 2.55 bits per heavy atom. The van der Waals surface area contributed by atoms with Crippen LogP contribution < -0.4 is 14.8 Å². The third kappa shape index (κ3) is 3.42. The predicted molar refractivity (Wildman–Crippen MR) is 85.6 cm³/mol. The topological polar surface area (TPSA) is 48.3 Å². The molecule has 22 heavy (non-hydrogen) atoms. The van der Waals surface area contributed by atoms with E-state index in [-0.39, 0.29) is 0 Å². The Labute approximate surface area is 131 Å². The molecule has 0 radical (unpaired) electrons. The summed E-state index contributed by atoms with van der Waals surface area (Å²) < 4.78 is 13.1. The lowest BCUT2D eigenvalue weighted by Gasteiger charge is -2.22. The van der Waals surface area contributed by atoms with E-state index in [2.05, 4.69) is 22.0 Å². The van der Waals surface area contributed by atoms with E-state index in [1.807, 2.05) is 24.3 Å². The highest BCUT2D eigenvalue weighted by Crippen LogP contribution is 2.27. The quantitative estimate of drug-likeness (QED) is 0.922. The molecule has 5 heteroatoms. The molecule has 3 rings (SSSR count). The van der Waals surface area contributed by atoms with Crippen molar-refractivity contribution >= 4 is 0 Å². The average molecular weight is 301 g/mol. The Morgan fingerprint density at radius 1 is 1.18 bits per heavy atom. The molecular weight excluding hydrogens is 278 g/mol. The van der Waals surface area contributed by atoms with E-state index in [0.29, 0.717) is 5.92 Å². The molecule has 5 nitrogen and oxygen atoms in total. The summed E-state index contributed by atoms with van der Waals surface area (Å²) in [7, 11) is 1.66. The van der Waals surface area contributed by atoms with E-state index in [1.165, 1.54) is 12.8 Å². The summed E-state index contributed by atoms with van der Waals surface area (Å²) in [6.45, 7) is 5.26. The van der Waals surface area contributed by atoms with Crippen molar-refractivity contribution in [2.45, 2.75) is 26.3 Å². The fourth-order valence-electron chi connectivity index (χ4n) is 2.79. The van der Waals surface area contributed by atoms with E-state index in [0.717, 1.165) is 42.6 Å². The molecule has 1 aromatic carbocycles. The molecule has 1 fully saturated rings. The van der Waals surface area contributed by atoms with Gasteiger partial charge in [0.25, 0.3) is 0 Å². The Morgan fingerprint density at radius 2 is 1.86 bits per heavy atom. The van der Waals surface area contributed by atoms with Crippen LogP contribution in [0.1, 0.15) is 18.5 Å². The van der Waals surface area contributed by atoms with Gasteiger partial charge in [-0.25, -0.2) is 0 Å². The number of piperidine rings is 1. The summed E-state index contributed by atoms with van der Waals surface area (Å²) in [6, 6.07) is 7.60. The van der Waals surface area contributed by atoms with Crippen LogP contribution >= 0.6 is 0 Å². The minimum Gasteiger partial charge on any atom is -0.497 e. The zero-order chi connectivity index (χ0) is 15.4. The van der Waals surface area contributed by atoms with Crippen molar-refractivity contribution in [1.82, 2.24) is 15.1 Å². The first-order valence-corrected chi connectivity index (χ1v) is 7.81. The van der Waals surface area contributed by atoms with Crippen molar-refractivity contribution in [2.24, 2.45) is 5.92 Å². The minimum atomic E-state index is 0.702. The second-order valence-corrected chi connectivity index (χ2v) is 5.75. The van der Waals surface area contributed by atoms with Gasteiger partial charge in [-0.2, -0.15) is 5.10 Å². The normalized spacial score (nSPS) is 15.7. The maximum absolute atomic E-state index is 5.93. The summed E-state index contributed by atoms with van der Waals surface area (Å²) in [5.74, 6) is 3.14. The van der Waals surface area contributed by atoms with Crippen molar-refractivity contribution in [3.8, 4) is 17.2 Å². The number of rotatable bonds is 5. The highest BCUT2D eigenvalue weighted by molar-refractivity contribution is 5.36. The van der Waals surface area contributed by atoms with Crippen molar-refractivity contribution in [3.05, 3.63) is 36.2 Å². The summed E-state index contributed by atoms with van der Waals surface area (Å²) in [6.07, 6.45) is 4.24. The smallest absolute Gasteiger partial charge is 0.168 e. The van der Waals surface area contributed by atoms with Crippen LogP contribution in [0.2, 0.25) is 0 Å². The molecule has 118 valence electrons. The van der Waals surface area contributed by atoms with Crippen molar-refractivity contribution in [3.63, 3.8) is 0 Å².